The molecule has 8 nitrogen and oxygen atoms in total. The van der Waals surface area contributed by atoms with Gasteiger partial charge in [-0.05, 0) is 42.8 Å². The lowest BCUT2D eigenvalue weighted by Gasteiger charge is -2.16. The van der Waals surface area contributed by atoms with Crippen LogP contribution in [-0.4, -0.2) is 26.7 Å². The maximum absolute atomic E-state index is 12.4. The van der Waals surface area contributed by atoms with Crippen molar-refractivity contribution in [2.45, 2.75) is 19.5 Å². The van der Waals surface area contributed by atoms with Crippen molar-refractivity contribution in [3.05, 3.63) is 82.7 Å². The molecule has 1 heterocycles. The summed E-state index contributed by atoms with van der Waals surface area (Å²) in [5.41, 5.74) is 2.37. The maximum atomic E-state index is 12.4. The Morgan fingerprint density at radius 3 is 2.63 bits per heavy atom. The highest BCUT2D eigenvalue weighted by molar-refractivity contribution is 5.96. The number of nitrogens with zero attached hydrogens (tertiary/aromatic N) is 3. The molecule has 0 bridgehead atoms. The number of anilines is 2. The zero-order valence-electron chi connectivity index (χ0n) is 14.7. The summed E-state index contributed by atoms with van der Waals surface area (Å²) >= 11 is 0. The van der Waals surface area contributed by atoms with Gasteiger partial charge in [-0.1, -0.05) is 12.1 Å². The van der Waals surface area contributed by atoms with Gasteiger partial charge in [-0.3, -0.25) is 19.6 Å². The van der Waals surface area contributed by atoms with Crippen molar-refractivity contribution in [1.29, 1.82) is 0 Å². The lowest BCUT2D eigenvalue weighted by Crippen LogP contribution is -2.31. The van der Waals surface area contributed by atoms with Crippen LogP contribution in [0.5, 0.6) is 0 Å². The van der Waals surface area contributed by atoms with E-state index in [1.165, 1.54) is 24.3 Å². The number of non-ortho nitro benzene ring substituents is 1. The van der Waals surface area contributed by atoms with Crippen LogP contribution in [0.4, 0.5) is 17.1 Å². The van der Waals surface area contributed by atoms with Gasteiger partial charge in [0.05, 0.1) is 11.5 Å². The topological polar surface area (TPSA) is 102 Å². The molecule has 3 rings (SSSR count). The molecular weight excluding hydrogens is 346 g/mol. The third-order valence-electron chi connectivity index (χ3n) is 3.95. The van der Waals surface area contributed by atoms with E-state index in [2.05, 4.69) is 15.7 Å². The first kappa shape index (κ1) is 18.1. The number of nitrogens with one attached hydrogen (secondary N) is 2. The van der Waals surface area contributed by atoms with Gasteiger partial charge in [0.25, 0.3) is 5.69 Å². The molecule has 0 aliphatic heterocycles. The fourth-order valence-electron chi connectivity index (χ4n) is 2.57. The highest BCUT2D eigenvalue weighted by atomic mass is 16.6. The average Bonchev–Trinajstić information content (AvgIpc) is 3.15. The molecule has 2 aromatic carbocycles. The molecule has 0 fully saturated rings. The number of hydrogen-bond acceptors (Lipinski definition) is 5. The number of benzene rings is 2. The second kappa shape index (κ2) is 8.13. The second-order valence-electron chi connectivity index (χ2n) is 6.06. The zero-order valence-corrected chi connectivity index (χ0v) is 14.7. The highest BCUT2D eigenvalue weighted by Crippen LogP contribution is 2.17. The Balaban J connectivity index is 1.60. The summed E-state index contributed by atoms with van der Waals surface area (Å²) in [6, 6.07) is 14.9. The average molecular weight is 365 g/mol. The quantitative estimate of drug-likeness (QED) is 0.494. The molecule has 0 radical (unpaired) electrons. The molecular formula is C19H19N5O3. The fourth-order valence-corrected chi connectivity index (χ4v) is 2.57. The first-order chi connectivity index (χ1) is 13.0. The van der Waals surface area contributed by atoms with Crippen molar-refractivity contribution >= 4 is 23.0 Å². The SMILES string of the molecule is CC(Nc1cccc(Cn2cccn2)c1)C(=O)Nc1ccc([N+](=O)[O-])cc1. The molecule has 0 aliphatic rings. The van der Waals surface area contributed by atoms with Crippen LogP contribution < -0.4 is 10.6 Å². The largest absolute Gasteiger partial charge is 0.374 e. The van der Waals surface area contributed by atoms with Gasteiger partial charge in [-0.2, -0.15) is 5.10 Å². The lowest BCUT2D eigenvalue weighted by molar-refractivity contribution is -0.384. The Morgan fingerprint density at radius 1 is 1.19 bits per heavy atom. The molecule has 1 amide bonds. The van der Waals surface area contributed by atoms with Crippen molar-refractivity contribution in [1.82, 2.24) is 9.78 Å². The van der Waals surface area contributed by atoms with Crippen LogP contribution in [0.1, 0.15) is 12.5 Å². The first-order valence-electron chi connectivity index (χ1n) is 8.39. The van der Waals surface area contributed by atoms with E-state index < -0.39 is 11.0 Å². The molecule has 0 saturated carbocycles. The normalized spacial score (nSPS) is 11.6. The molecule has 0 aliphatic carbocycles. The minimum absolute atomic E-state index is 0.0202. The van der Waals surface area contributed by atoms with Gasteiger partial charge < -0.3 is 10.6 Å². The number of nitro benzene ring substituents is 1. The van der Waals surface area contributed by atoms with E-state index >= 15 is 0 Å². The summed E-state index contributed by atoms with van der Waals surface area (Å²) < 4.78 is 1.82. The molecule has 1 unspecified atom stereocenters. The van der Waals surface area contributed by atoms with Gasteiger partial charge in [0.2, 0.25) is 5.91 Å². The Morgan fingerprint density at radius 2 is 1.96 bits per heavy atom. The minimum Gasteiger partial charge on any atom is -0.374 e. The third-order valence-corrected chi connectivity index (χ3v) is 3.95. The Labute approximate surface area is 156 Å². The highest BCUT2D eigenvalue weighted by Gasteiger charge is 2.14. The zero-order chi connectivity index (χ0) is 19.2. The van der Waals surface area contributed by atoms with Gasteiger partial charge in [0.15, 0.2) is 0 Å². The van der Waals surface area contributed by atoms with Crippen molar-refractivity contribution in [3.8, 4) is 0 Å². The van der Waals surface area contributed by atoms with Crippen LogP contribution in [0.3, 0.4) is 0 Å². The van der Waals surface area contributed by atoms with Crippen LogP contribution in [0.25, 0.3) is 0 Å². The number of rotatable bonds is 7. The molecule has 27 heavy (non-hydrogen) atoms. The van der Waals surface area contributed by atoms with E-state index in [0.29, 0.717) is 12.2 Å². The summed E-state index contributed by atoms with van der Waals surface area (Å²) in [5, 5.41) is 20.8. The molecule has 1 aromatic heterocycles. The standard InChI is InChI=1S/C19H19N5O3/c1-14(19(25)22-16-6-8-18(9-7-16)24(26)27)21-17-5-2-4-15(12-17)13-23-11-3-10-20-23/h2-12,14,21H,13H2,1H3,(H,22,25). The van der Waals surface area contributed by atoms with Crippen molar-refractivity contribution in [2.75, 3.05) is 10.6 Å². The van der Waals surface area contributed by atoms with Crippen LogP contribution in [0.2, 0.25) is 0 Å². The Hall–Kier alpha value is -3.68. The summed E-state index contributed by atoms with van der Waals surface area (Å²) in [6.07, 6.45) is 3.62. The number of carbonyl (C=O) groups is 1. The van der Waals surface area contributed by atoms with Crippen LogP contribution in [0, 0.1) is 10.1 Å². The smallest absolute Gasteiger partial charge is 0.269 e. The molecule has 8 heteroatoms. The summed E-state index contributed by atoms with van der Waals surface area (Å²) in [4.78, 5) is 22.6. The van der Waals surface area contributed by atoms with E-state index in [1.54, 1.807) is 13.1 Å². The van der Waals surface area contributed by atoms with Crippen LogP contribution in [0.15, 0.2) is 67.0 Å². The second-order valence-corrected chi connectivity index (χ2v) is 6.06. The molecule has 0 saturated heterocycles. The van der Waals surface area contributed by atoms with Crippen molar-refractivity contribution < 1.29 is 9.72 Å². The Bertz CT molecular complexity index is 923. The van der Waals surface area contributed by atoms with Gasteiger partial charge in [-0.25, -0.2) is 0 Å². The molecule has 0 spiro atoms. The predicted octanol–water partition coefficient (Wildman–Crippen LogP) is 3.28. The molecule has 1 atom stereocenters. The summed E-state index contributed by atoms with van der Waals surface area (Å²) in [7, 11) is 0. The van der Waals surface area contributed by atoms with E-state index in [1.807, 2.05) is 41.2 Å². The number of amides is 1. The van der Waals surface area contributed by atoms with Crippen LogP contribution >= 0.6 is 0 Å². The van der Waals surface area contributed by atoms with E-state index in [4.69, 9.17) is 0 Å². The van der Waals surface area contributed by atoms with E-state index in [9.17, 15) is 14.9 Å². The number of nitro groups is 1. The minimum atomic E-state index is -0.486. The maximum Gasteiger partial charge on any atom is 0.269 e. The Kier molecular flexibility index (Phi) is 5.46. The van der Waals surface area contributed by atoms with E-state index in [0.717, 1.165) is 11.3 Å². The fraction of sp³-hybridized carbons (Fsp3) is 0.158. The van der Waals surface area contributed by atoms with Gasteiger partial charge in [0.1, 0.15) is 6.04 Å². The van der Waals surface area contributed by atoms with Gasteiger partial charge in [-0.15, -0.1) is 0 Å². The van der Waals surface area contributed by atoms with E-state index in [-0.39, 0.29) is 11.6 Å². The van der Waals surface area contributed by atoms with Gasteiger partial charge in [0, 0.05) is 35.9 Å². The van der Waals surface area contributed by atoms with Crippen molar-refractivity contribution in [3.63, 3.8) is 0 Å². The molecule has 138 valence electrons. The number of hydrogen-bond donors (Lipinski definition) is 2. The third kappa shape index (κ3) is 4.91. The molecule has 2 N–H and O–H groups in total. The summed E-state index contributed by atoms with van der Waals surface area (Å²) in [5.74, 6) is -0.235. The van der Waals surface area contributed by atoms with Gasteiger partial charge >= 0.3 is 0 Å². The predicted molar refractivity (Wildman–Crippen MR) is 103 cm³/mol. The molecule has 3 aromatic rings. The lowest BCUT2D eigenvalue weighted by atomic mass is 10.2. The number of aromatic nitrogens is 2. The van der Waals surface area contributed by atoms with Crippen molar-refractivity contribution in [2.24, 2.45) is 0 Å². The summed E-state index contributed by atoms with van der Waals surface area (Å²) in [6.45, 7) is 2.40. The van der Waals surface area contributed by atoms with Crippen LogP contribution in [-0.2, 0) is 11.3 Å². The monoisotopic (exact) mass is 365 g/mol. The first-order valence-corrected chi connectivity index (χ1v) is 8.39. The number of carbonyl (C=O) groups excluding carboxylic acids is 1.